The maximum absolute atomic E-state index is 10.6. The van der Waals surface area contributed by atoms with Gasteiger partial charge in [0.05, 0.1) is 0 Å². The zero-order valence-corrected chi connectivity index (χ0v) is 18.8. The van der Waals surface area contributed by atoms with Crippen molar-refractivity contribution in [1.29, 1.82) is 0 Å². The number of phenolic OH excluding ortho intramolecular Hbond substituents is 3. The number of hydrogen-bond acceptors (Lipinski definition) is 3. The van der Waals surface area contributed by atoms with Crippen molar-refractivity contribution in [3.05, 3.63) is 86.5 Å². The van der Waals surface area contributed by atoms with Crippen LogP contribution in [0, 0.1) is 41.5 Å². The second-order valence-corrected chi connectivity index (χ2v) is 8.50. The Balaban J connectivity index is 2.09. The lowest BCUT2D eigenvalue weighted by Gasteiger charge is -2.24. The lowest BCUT2D eigenvalue weighted by atomic mass is 9.80. The number of benzene rings is 3. The van der Waals surface area contributed by atoms with Crippen molar-refractivity contribution < 1.29 is 15.3 Å². The van der Waals surface area contributed by atoms with Crippen molar-refractivity contribution in [2.45, 2.75) is 60.3 Å². The van der Waals surface area contributed by atoms with Crippen molar-refractivity contribution in [3.63, 3.8) is 0 Å². The third-order valence-corrected chi connectivity index (χ3v) is 6.55. The summed E-state index contributed by atoms with van der Waals surface area (Å²) in [6.07, 6.45) is 1.59. The molecule has 0 heterocycles. The zero-order valence-electron chi connectivity index (χ0n) is 18.8. The molecule has 0 amide bonds. The van der Waals surface area contributed by atoms with E-state index in [1.54, 1.807) is 0 Å². The van der Waals surface area contributed by atoms with E-state index in [2.05, 4.69) is 18.2 Å². The molecule has 0 bridgehead atoms. The summed E-state index contributed by atoms with van der Waals surface area (Å²) in [4.78, 5) is 0. The van der Waals surface area contributed by atoms with Gasteiger partial charge in [-0.25, -0.2) is 0 Å². The molecule has 3 N–H and O–H groups in total. The number of hydrogen-bond donors (Lipinski definition) is 3. The first-order valence-electron chi connectivity index (χ1n) is 10.5. The van der Waals surface area contributed by atoms with Crippen molar-refractivity contribution in [3.8, 4) is 17.2 Å². The normalized spacial score (nSPS) is 11.3. The molecule has 3 nitrogen and oxygen atoms in total. The molecule has 0 aromatic heterocycles. The molecule has 0 atom stereocenters. The lowest BCUT2D eigenvalue weighted by Crippen LogP contribution is -2.08. The molecule has 0 radical (unpaired) electrons. The Morgan fingerprint density at radius 1 is 0.567 bits per heavy atom. The van der Waals surface area contributed by atoms with Crippen LogP contribution in [0.3, 0.4) is 0 Å². The molecule has 0 saturated heterocycles. The lowest BCUT2D eigenvalue weighted by molar-refractivity contribution is 0.463. The third-order valence-electron chi connectivity index (χ3n) is 6.55. The highest BCUT2D eigenvalue weighted by Gasteiger charge is 2.22. The molecule has 0 fully saturated rings. The molecule has 0 spiro atoms. The topological polar surface area (TPSA) is 60.7 Å². The summed E-state index contributed by atoms with van der Waals surface area (Å²) in [5.74, 6) is 1.04. The molecule has 0 unspecified atom stereocenters. The van der Waals surface area contributed by atoms with Gasteiger partial charge in [0.2, 0.25) is 0 Å². The van der Waals surface area contributed by atoms with Gasteiger partial charge in [-0.3, -0.25) is 0 Å². The summed E-state index contributed by atoms with van der Waals surface area (Å²) < 4.78 is 0. The van der Waals surface area contributed by atoms with Gasteiger partial charge in [0.25, 0.3) is 0 Å². The Kier molecular flexibility index (Phi) is 6.12. The minimum Gasteiger partial charge on any atom is -0.507 e. The van der Waals surface area contributed by atoms with E-state index in [9.17, 15) is 15.3 Å². The average Bonchev–Trinajstić information content (AvgIpc) is 2.72. The van der Waals surface area contributed by atoms with Crippen molar-refractivity contribution in [2.24, 2.45) is 0 Å². The standard InChI is InChI=1S/C27H32O3/c1-15-7-10-21(18(4)25(15)28)11-14-24(22-12-8-16(2)26(29)19(22)5)23-13-9-17(3)27(30)20(23)6/h7-10,12-13,24,28-30H,11,14H2,1-6H3. The SMILES string of the molecule is Cc1ccc(CCC(c2ccc(C)c(O)c2C)c2ccc(C)c(O)c2C)c(C)c1O. The van der Waals surface area contributed by atoms with E-state index in [0.717, 1.165) is 62.9 Å². The van der Waals surface area contributed by atoms with Gasteiger partial charge in [-0.15, -0.1) is 0 Å². The fourth-order valence-corrected chi connectivity index (χ4v) is 4.38. The quantitative estimate of drug-likeness (QED) is 0.460. The van der Waals surface area contributed by atoms with Crippen LogP contribution >= 0.6 is 0 Å². The van der Waals surface area contributed by atoms with Gasteiger partial charge in [0.15, 0.2) is 0 Å². The Labute approximate surface area is 179 Å². The van der Waals surface area contributed by atoms with Gasteiger partial charge in [-0.05, 0) is 104 Å². The van der Waals surface area contributed by atoms with E-state index in [0.29, 0.717) is 17.2 Å². The van der Waals surface area contributed by atoms with Crippen molar-refractivity contribution in [1.82, 2.24) is 0 Å². The summed E-state index contributed by atoms with van der Waals surface area (Å²) in [6, 6.07) is 12.1. The molecule has 3 aromatic carbocycles. The van der Waals surface area contributed by atoms with E-state index >= 15 is 0 Å². The number of aryl methyl sites for hydroxylation is 4. The highest BCUT2D eigenvalue weighted by atomic mass is 16.3. The second kappa shape index (κ2) is 8.43. The maximum Gasteiger partial charge on any atom is 0.121 e. The molecule has 3 heteroatoms. The Morgan fingerprint density at radius 3 is 1.43 bits per heavy atom. The fraction of sp³-hybridized carbons (Fsp3) is 0.333. The molecule has 158 valence electrons. The van der Waals surface area contributed by atoms with E-state index in [1.165, 1.54) is 0 Å². The zero-order chi connectivity index (χ0) is 22.2. The molecule has 3 rings (SSSR count). The summed E-state index contributed by atoms with van der Waals surface area (Å²) in [7, 11) is 0. The van der Waals surface area contributed by atoms with E-state index in [1.807, 2.05) is 59.7 Å². The Hall–Kier alpha value is -2.94. The van der Waals surface area contributed by atoms with Gasteiger partial charge < -0.3 is 15.3 Å². The molecule has 0 aliphatic carbocycles. The van der Waals surface area contributed by atoms with Gasteiger partial charge in [-0.2, -0.15) is 0 Å². The fourth-order valence-electron chi connectivity index (χ4n) is 4.38. The summed E-state index contributed by atoms with van der Waals surface area (Å²) in [5, 5.41) is 31.5. The van der Waals surface area contributed by atoms with Gasteiger partial charge >= 0.3 is 0 Å². The smallest absolute Gasteiger partial charge is 0.121 e. The average molecular weight is 405 g/mol. The molecule has 0 saturated carbocycles. The molecule has 3 aromatic rings. The molecule has 0 aliphatic heterocycles. The minimum absolute atomic E-state index is 0.0193. The predicted molar refractivity (Wildman–Crippen MR) is 123 cm³/mol. The van der Waals surface area contributed by atoms with Crippen LogP contribution in [0.2, 0.25) is 0 Å². The molecule has 0 aliphatic rings. The number of rotatable bonds is 5. The van der Waals surface area contributed by atoms with Crippen LogP contribution in [-0.4, -0.2) is 15.3 Å². The van der Waals surface area contributed by atoms with Gasteiger partial charge in [0.1, 0.15) is 17.2 Å². The minimum atomic E-state index is 0.0193. The Morgan fingerprint density at radius 2 is 0.967 bits per heavy atom. The first-order valence-corrected chi connectivity index (χ1v) is 10.5. The van der Waals surface area contributed by atoms with Gasteiger partial charge in [-0.1, -0.05) is 36.4 Å². The van der Waals surface area contributed by atoms with Crippen molar-refractivity contribution >= 4 is 0 Å². The van der Waals surface area contributed by atoms with Crippen LogP contribution < -0.4 is 0 Å². The number of phenols is 3. The molecular formula is C27H32O3. The van der Waals surface area contributed by atoms with Crippen LogP contribution in [0.5, 0.6) is 17.2 Å². The highest BCUT2D eigenvalue weighted by molar-refractivity contribution is 5.53. The van der Waals surface area contributed by atoms with Crippen LogP contribution in [-0.2, 0) is 6.42 Å². The van der Waals surface area contributed by atoms with Crippen molar-refractivity contribution in [2.75, 3.05) is 0 Å². The first-order chi connectivity index (χ1) is 14.1. The molecular weight excluding hydrogens is 372 g/mol. The first kappa shape index (κ1) is 21.8. The third kappa shape index (κ3) is 3.89. The van der Waals surface area contributed by atoms with Gasteiger partial charge in [0, 0.05) is 5.92 Å². The van der Waals surface area contributed by atoms with E-state index < -0.39 is 0 Å². The Bertz CT molecular complexity index is 1040. The van der Waals surface area contributed by atoms with Crippen LogP contribution in [0.1, 0.15) is 62.4 Å². The summed E-state index contributed by atoms with van der Waals surface area (Å²) in [5.41, 5.74) is 8.52. The monoisotopic (exact) mass is 404 g/mol. The van der Waals surface area contributed by atoms with E-state index in [-0.39, 0.29) is 5.92 Å². The van der Waals surface area contributed by atoms with E-state index in [4.69, 9.17) is 0 Å². The molecule has 30 heavy (non-hydrogen) atoms. The van der Waals surface area contributed by atoms with Crippen LogP contribution in [0.25, 0.3) is 0 Å². The predicted octanol–water partition coefficient (Wildman–Crippen LogP) is 6.42. The maximum atomic E-state index is 10.6. The second-order valence-electron chi connectivity index (χ2n) is 8.50. The summed E-state index contributed by atoms with van der Waals surface area (Å²) in [6.45, 7) is 11.6. The largest absolute Gasteiger partial charge is 0.507 e. The van der Waals surface area contributed by atoms with Crippen LogP contribution in [0.15, 0.2) is 36.4 Å². The van der Waals surface area contributed by atoms with Crippen LogP contribution in [0.4, 0.5) is 0 Å². The highest BCUT2D eigenvalue weighted by Crippen LogP contribution is 2.40. The summed E-state index contributed by atoms with van der Waals surface area (Å²) >= 11 is 0. The number of aromatic hydroxyl groups is 3.